The minimum Gasteiger partial charge on any atom is -0.465 e. The maximum Gasteiger partial charge on any atom is 0.320 e. The number of carbonyl (C=O) groups excluding carboxylic acids is 1. The molecule has 0 aromatic rings. The van der Waals surface area contributed by atoms with Crippen LogP contribution < -0.4 is 0 Å². The van der Waals surface area contributed by atoms with E-state index in [1.165, 1.54) is 0 Å². The van der Waals surface area contributed by atoms with E-state index in [-0.39, 0.29) is 0 Å². The first kappa shape index (κ1) is 12.6. The van der Waals surface area contributed by atoms with E-state index in [1.54, 1.807) is 0 Å². The molecule has 0 aliphatic rings. The number of esters is 1. The van der Waals surface area contributed by atoms with Gasteiger partial charge in [-0.15, -0.1) is 0 Å². The van der Waals surface area contributed by atoms with Gasteiger partial charge in [0.25, 0.3) is 0 Å². The van der Waals surface area contributed by atoms with Crippen LogP contribution in [0.2, 0.25) is 0 Å². The van der Waals surface area contributed by atoms with Crippen LogP contribution in [-0.2, 0) is 20.6 Å². The first-order chi connectivity index (χ1) is 6.02. The average molecular weight is 208 g/mol. The molecular formula is C8H16O4S. The fourth-order valence-electron chi connectivity index (χ4n) is 0.820. The summed E-state index contributed by atoms with van der Waals surface area (Å²) in [6.45, 7) is 4.52. The predicted molar refractivity (Wildman–Crippen MR) is 50.7 cm³/mol. The van der Waals surface area contributed by atoms with Gasteiger partial charge < -0.3 is 9.29 Å². The number of hydrogen-bond acceptors (Lipinski definition) is 3. The van der Waals surface area contributed by atoms with E-state index in [1.807, 2.05) is 0 Å². The Morgan fingerprint density at radius 3 is 2.62 bits per heavy atom. The van der Waals surface area contributed by atoms with Gasteiger partial charge in [0, 0.05) is 0 Å². The smallest absolute Gasteiger partial charge is 0.320 e. The lowest BCUT2D eigenvalue weighted by Gasteiger charge is -2.04. The number of carbonyl (C=O) groups is 1. The predicted octanol–water partition coefficient (Wildman–Crippen LogP) is 1.19. The Morgan fingerprint density at radius 2 is 2.15 bits per heavy atom. The Bertz CT molecular complexity index is 179. The van der Waals surface area contributed by atoms with Crippen LogP contribution in [0.4, 0.5) is 0 Å². The van der Waals surface area contributed by atoms with Crippen LogP contribution >= 0.6 is 0 Å². The molecule has 5 heteroatoms. The molecule has 78 valence electrons. The second-order valence-corrected chi connectivity index (χ2v) is 4.15. The topological polar surface area (TPSA) is 63.6 Å². The van der Waals surface area contributed by atoms with Crippen molar-refractivity contribution in [2.24, 2.45) is 5.92 Å². The van der Waals surface area contributed by atoms with Gasteiger partial charge in [0.05, 0.1) is 6.61 Å². The van der Waals surface area contributed by atoms with E-state index >= 15 is 0 Å². The summed E-state index contributed by atoms with van der Waals surface area (Å²) in [6.07, 6.45) is 1.80. The number of ether oxygens (including phenoxy) is 1. The molecule has 1 N–H and O–H groups in total. The van der Waals surface area contributed by atoms with Crippen LogP contribution in [0, 0.1) is 5.92 Å². The average Bonchev–Trinajstić information content (AvgIpc) is 1.96. The molecular weight excluding hydrogens is 192 g/mol. The van der Waals surface area contributed by atoms with Gasteiger partial charge in [-0.25, -0.2) is 4.21 Å². The highest BCUT2D eigenvalue weighted by Gasteiger charge is 2.06. The van der Waals surface area contributed by atoms with Crippen molar-refractivity contribution >= 4 is 17.0 Å². The van der Waals surface area contributed by atoms with E-state index < -0.39 is 22.8 Å². The van der Waals surface area contributed by atoms with Crippen LogP contribution in [0.3, 0.4) is 0 Å². The quantitative estimate of drug-likeness (QED) is 0.404. The summed E-state index contributed by atoms with van der Waals surface area (Å²) in [6, 6.07) is 0. The highest BCUT2D eigenvalue weighted by Crippen LogP contribution is 2.03. The molecule has 0 aliphatic heterocycles. The van der Waals surface area contributed by atoms with Crippen molar-refractivity contribution in [3.63, 3.8) is 0 Å². The molecule has 0 fully saturated rings. The van der Waals surface area contributed by atoms with Gasteiger partial charge in [-0.05, 0) is 18.8 Å². The second-order valence-electron chi connectivity index (χ2n) is 3.22. The van der Waals surface area contributed by atoms with E-state index in [0.29, 0.717) is 12.5 Å². The van der Waals surface area contributed by atoms with Crippen molar-refractivity contribution in [3.05, 3.63) is 0 Å². The molecule has 0 spiro atoms. The van der Waals surface area contributed by atoms with Gasteiger partial charge in [-0.3, -0.25) is 4.79 Å². The lowest BCUT2D eigenvalue weighted by Crippen LogP contribution is -2.14. The van der Waals surface area contributed by atoms with E-state index in [0.717, 1.165) is 12.8 Å². The summed E-state index contributed by atoms with van der Waals surface area (Å²) in [5.74, 6) is -0.447. The fourth-order valence-corrected chi connectivity index (χ4v) is 1.11. The third-order valence-corrected chi connectivity index (χ3v) is 1.91. The molecule has 4 nitrogen and oxygen atoms in total. The zero-order valence-corrected chi connectivity index (χ0v) is 8.80. The molecule has 0 heterocycles. The maximum atomic E-state index is 10.7. The fraction of sp³-hybridized carbons (Fsp3) is 0.875. The largest absolute Gasteiger partial charge is 0.465 e. The Balaban J connectivity index is 3.32. The molecule has 0 aromatic carbocycles. The standard InChI is InChI=1S/C8H16O4S/c1-7(2)4-3-5-12-8(9)6-13(10)11/h7H,3-6H2,1-2H3,(H,10,11). The Labute approximate surface area is 80.9 Å². The monoisotopic (exact) mass is 208 g/mol. The van der Waals surface area contributed by atoms with Crippen molar-refractivity contribution in [3.8, 4) is 0 Å². The summed E-state index contributed by atoms with van der Waals surface area (Å²) < 4.78 is 23.2. The molecule has 0 aliphatic carbocycles. The Kier molecular flexibility index (Phi) is 6.80. The van der Waals surface area contributed by atoms with Crippen LogP contribution in [0.1, 0.15) is 26.7 Å². The lowest BCUT2D eigenvalue weighted by molar-refractivity contribution is -0.140. The van der Waals surface area contributed by atoms with Gasteiger partial charge in [0.2, 0.25) is 0 Å². The van der Waals surface area contributed by atoms with Crippen LogP contribution in [-0.4, -0.2) is 27.1 Å². The van der Waals surface area contributed by atoms with E-state index in [9.17, 15) is 9.00 Å². The number of rotatable bonds is 6. The Hall–Kier alpha value is -0.420. The van der Waals surface area contributed by atoms with E-state index in [4.69, 9.17) is 9.29 Å². The first-order valence-electron chi connectivity index (χ1n) is 4.25. The van der Waals surface area contributed by atoms with Crippen LogP contribution in [0.25, 0.3) is 0 Å². The van der Waals surface area contributed by atoms with Crippen molar-refractivity contribution in [2.45, 2.75) is 26.7 Å². The summed E-state index contributed by atoms with van der Waals surface area (Å²) in [5, 5.41) is 0. The maximum absolute atomic E-state index is 10.7. The van der Waals surface area contributed by atoms with Gasteiger partial charge in [0.1, 0.15) is 5.75 Å². The molecule has 0 amide bonds. The zero-order chi connectivity index (χ0) is 10.3. The molecule has 0 aromatic heterocycles. The van der Waals surface area contributed by atoms with E-state index in [2.05, 4.69) is 13.8 Å². The summed E-state index contributed by atoms with van der Waals surface area (Å²) in [4.78, 5) is 10.7. The minimum absolute atomic E-state index is 0.341. The van der Waals surface area contributed by atoms with Gasteiger partial charge >= 0.3 is 5.97 Å². The van der Waals surface area contributed by atoms with Gasteiger partial charge in [-0.2, -0.15) is 0 Å². The minimum atomic E-state index is -2.08. The van der Waals surface area contributed by atoms with Crippen molar-refractivity contribution < 1.29 is 18.3 Å². The summed E-state index contributed by atoms with van der Waals surface area (Å²) in [7, 11) is 0. The molecule has 0 radical (unpaired) electrons. The molecule has 0 bridgehead atoms. The van der Waals surface area contributed by atoms with Crippen molar-refractivity contribution in [1.82, 2.24) is 0 Å². The van der Waals surface area contributed by atoms with Crippen LogP contribution in [0.15, 0.2) is 0 Å². The Morgan fingerprint density at radius 1 is 1.54 bits per heavy atom. The summed E-state index contributed by atoms with van der Waals surface area (Å²) in [5.41, 5.74) is 0. The van der Waals surface area contributed by atoms with Crippen molar-refractivity contribution in [1.29, 1.82) is 0 Å². The van der Waals surface area contributed by atoms with Gasteiger partial charge in [0.15, 0.2) is 11.1 Å². The third-order valence-electron chi connectivity index (χ3n) is 1.43. The molecule has 0 saturated carbocycles. The highest BCUT2D eigenvalue weighted by molar-refractivity contribution is 7.80. The molecule has 1 unspecified atom stereocenters. The second kappa shape index (κ2) is 7.03. The number of hydrogen-bond donors (Lipinski definition) is 1. The van der Waals surface area contributed by atoms with Gasteiger partial charge in [-0.1, -0.05) is 13.8 Å². The van der Waals surface area contributed by atoms with Crippen molar-refractivity contribution in [2.75, 3.05) is 12.4 Å². The van der Waals surface area contributed by atoms with Crippen LogP contribution in [0.5, 0.6) is 0 Å². The SMILES string of the molecule is CC(C)CCCOC(=O)CS(=O)O. The zero-order valence-electron chi connectivity index (χ0n) is 7.99. The first-order valence-corrected chi connectivity index (χ1v) is 5.53. The summed E-state index contributed by atoms with van der Waals surface area (Å²) >= 11 is -2.08. The molecule has 13 heavy (non-hydrogen) atoms. The molecule has 1 atom stereocenters. The normalized spacial score (nSPS) is 12.9. The molecule has 0 saturated heterocycles. The highest BCUT2D eigenvalue weighted by atomic mass is 32.2. The lowest BCUT2D eigenvalue weighted by atomic mass is 10.1. The third kappa shape index (κ3) is 9.49. The molecule has 0 rings (SSSR count).